The maximum atomic E-state index is 12.0. The van der Waals surface area contributed by atoms with Crippen molar-refractivity contribution in [3.8, 4) is 0 Å². The van der Waals surface area contributed by atoms with E-state index in [0.717, 1.165) is 25.0 Å². The summed E-state index contributed by atoms with van der Waals surface area (Å²) < 4.78 is 26.5. The number of hydrogen-bond donors (Lipinski definition) is 2. The van der Waals surface area contributed by atoms with Gasteiger partial charge in [-0.2, -0.15) is 11.8 Å². The zero-order valence-electron chi connectivity index (χ0n) is 11.4. The summed E-state index contributed by atoms with van der Waals surface area (Å²) in [4.78, 5) is 3.79. The molecule has 0 aliphatic heterocycles. The highest BCUT2D eigenvalue weighted by atomic mass is 35.5. The quantitative estimate of drug-likeness (QED) is 0.676. The van der Waals surface area contributed by atoms with Gasteiger partial charge in [-0.25, -0.2) is 18.1 Å². The Bertz CT molecular complexity index is 523. The molecule has 0 bridgehead atoms. The molecule has 0 saturated carbocycles. The van der Waals surface area contributed by atoms with Crippen LogP contribution in [0.4, 0.5) is 5.82 Å². The van der Waals surface area contributed by atoms with Gasteiger partial charge in [0.1, 0.15) is 10.7 Å². The van der Waals surface area contributed by atoms with E-state index in [1.165, 1.54) is 18.7 Å². The summed E-state index contributed by atoms with van der Waals surface area (Å²) >= 11 is 7.60. The van der Waals surface area contributed by atoms with Crippen molar-refractivity contribution in [1.29, 1.82) is 0 Å². The molecule has 0 atom stereocenters. The number of nitrogens with zero attached hydrogens (tertiary/aromatic N) is 1. The Hall–Kier alpha value is -0.500. The molecule has 3 N–H and O–H groups in total. The van der Waals surface area contributed by atoms with Crippen molar-refractivity contribution in [1.82, 2.24) is 9.71 Å². The van der Waals surface area contributed by atoms with Crippen LogP contribution in [0.1, 0.15) is 25.7 Å². The van der Waals surface area contributed by atoms with Crippen molar-refractivity contribution < 1.29 is 8.42 Å². The molecule has 0 radical (unpaired) electrons. The van der Waals surface area contributed by atoms with E-state index in [1.807, 2.05) is 11.8 Å². The highest BCUT2D eigenvalue weighted by molar-refractivity contribution is 7.98. The minimum Gasteiger partial charge on any atom is -0.382 e. The fourth-order valence-electron chi connectivity index (χ4n) is 1.59. The highest BCUT2D eigenvalue weighted by Gasteiger charge is 2.15. The second kappa shape index (κ2) is 8.71. The predicted octanol–water partition coefficient (Wildman–Crippen LogP) is 2.52. The first-order valence-corrected chi connectivity index (χ1v) is 9.62. The number of nitrogens with one attached hydrogen (secondary N) is 1. The number of pyridine rings is 1. The molecular formula is C12H20ClN3O2S2. The van der Waals surface area contributed by atoms with Gasteiger partial charge < -0.3 is 5.73 Å². The molecule has 1 rings (SSSR count). The Labute approximate surface area is 129 Å². The van der Waals surface area contributed by atoms with Crippen LogP contribution in [0.3, 0.4) is 0 Å². The lowest BCUT2D eigenvalue weighted by Crippen LogP contribution is -2.25. The zero-order chi connectivity index (χ0) is 15.0. The van der Waals surface area contributed by atoms with E-state index in [9.17, 15) is 8.42 Å². The summed E-state index contributed by atoms with van der Waals surface area (Å²) in [7, 11) is -3.55. The number of halogens is 1. The van der Waals surface area contributed by atoms with Gasteiger partial charge in [0.25, 0.3) is 0 Å². The first-order chi connectivity index (χ1) is 9.47. The van der Waals surface area contributed by atoms with Gasteiger partial charge in [-0.3, -0.25) is 0 Å². The van der Waals surface area contributed by atoms with Crippen molar-refractivity contribution in [3.05, 3.63) is 17.3 Å². The third-order valence-corrected chi connectivity index (χ3v) is 5.15. The second-order valence-electron chi connectivity index (χ2n) is 4.34. The van der Waals surface area contributed by atoms with E-state index in [2.05, 4.69) is 16.0 Å². The van der Waals surface area contributed by atoms with Crippen LogP contribution in [-0.4, -0.2) is 32.0 Å². The van der Waals surface area contributed by atoms with E-state index < -0.39 is 10.0 Å². The number of rotatable bonds is 9. The summed E-state index contributed by atoms with van der Waals surface area (Å²) in [6.45, 7) is 0.420. The standard InChI is InChI=1S/C12H20ClN3O2S2/c1-19-7-5-3-2-4-6-16-20(17,18)10-8-11(13)12(14)15-9-10/h8-9,16H,2-7H2,1H3,(H2,14,15). The van der Waals surface area contributed by atoms with Crippen LogP contribution in [0.5, 0.6) is 0 Å². The topological polar surface area (TPSA) is 85.1 Å². The van der Waals surface area contributed by atoms with E-state index in [0.29, 0.717) is 6.54 Å². The second-order valence-corrected chi connectivity index (χ2v) is 7.50. The van der Waals surface area contributed by atoms with Crippen LogP contribution in [0.2, 0.25) is 5.02 Å². The number of nitrogens with two attached hydrogens (primary N) is 1. The van der Waals surface area contributed by atoms with Crippen LogP contribution in [0.25, 0.3) is 0 Å². The minimum atomic E-state index is -3.55. The van der Waals surface area contributed by atoms with Crippen LogP contribution >= 0.6 is 23.4 Å². The third kappa shape index (κ3) is 5.87. The van der Waals surface area contributed by atoms with E-state index >= 15 is 0 Å². The molecule has 0 fully saturated rings. The molecule has 0 amide bonds. The lowest BCUT2D eigenvalue weighted by molar-refractivity contribution is 0.573. The largest absolute Gasteiger partial charge is 0.382 e. The van der Waals surface area contributed by atoms with Gasteiger partial charge in [0, 0.05) is 12.7 Å². The molecule has 0 aliphatic rings. The molecule has 1 aromatic heterocycles. The van der Waals surface area contributed by atoms with E-state index in [1.54, 1.807) is 0 Å². The number of nitrogen functional groups attached to an aromatic ring is 1. The summed E-state index contributed by atoms with van der Waals surface area (Å²) in [6, 6.07) is 1.31. The van der Waals surface area contributed by atoms with Gasteiger partial charge in [-0.05, 0) is 30.9 Å². The zero-order valence-corrected chi connectivity index (χ0v) is 13.8. The maximum absolute atomic E-state index is 12.0. The summed E-state index contributed by atoms with van der Waals surface area (Å²) in [5.41, 5.74) is 5.45. The molecule has 20 heavy (non-hydrogen) atoms. The molecule has 0 saturated heterocycles. The van der Waals surface area contributed by atoms with Crippen molar-refractivity contribution in [3.63, 3.8) is 0 Å². The molecule has 114 valence electrons. The normalized spacial score (nSPS) is 11.7. The number of thioether (sulfide) groups is 1. The lowest BCUT2D eigenvalue weighted by Gasteiger charge is -2.07. The van der Waals surface area contributed by atoms with Gasteiger partial charge >= 0.3 is 0 Å². The van der Waals surface area contributed by atoms with Gasteiger partial charge in [0.2, 0.25) is 10.0 Å². The van der Waals surface area contributed by atoms with E-state index in [4.69, 9.17) is 17.3 Å². The fraction of sp³-hybridized carbons (Fsp3) is 0.583. The smallest absolute Gasteiger partial charge is 0.242 e. The van der Waals surface area contributed by atoms with Gasteiger partial charge in [-0.15, -0.1) is 0 Å². The van der Waals surface area contributed by atoms with Gasteiger partial charge in [-0.1, -0.05) is 24.4 Å². The van der Waals surface area contributed by atoms with Crippen molar-refractivity contribution in [2.75, 3.05) is 24.3 Å². The highest BCUT2D eigenvalue weighted by Crippen LogP contribution is 2.19. The van der Waals surface area contributed by atoms with Crippen molar-refractivity contribution in [2.45, 2.75) is 30.6 Å². The number of aromatic nitrogens is 1. The number of hydrogen-bond acceptors (Lipinski definition) is 5. The first-order valence-electron chi connectivity index (χ1n) is 6.37. The Morgan fingerprint density at radius 1 is 1.35 bits per heavy atom. The molecule has 1 heterocycles. The molecule has 0 aliphatic carbocycles. The summed E-state index contributed by atoms with van der Waals surface area (Å²) in [6.07, 6.45) is 7.43. The molecule has 8 heteroatoms. The number of unbranched alkanes of at least 4 members (excludes halogenated alkanes) is 3. The van der Waals surface area contributed by atoms with Crippen LogP contribution in [0.15, 0.2) is 17.2 Å². The molecule has 5 nitrogen and oxygen atoms in total. The monoisotopic (exact) mass is 337 g/mol. The molecule has 1 aromatic rings. The number of anilines is 1. The Balaban J connectivity index is 2.40. The average Bonchev–Trinajstić information content (AvgIpc) is 2.40. The minimum absolute atomic E-state index is 0.0408. The lowest BCUT2D eigenvalue weighted by atomic mass is 10.2. The van der Waals surface area contributed by atoms with Crippen molar-refractivity contribution >= 4 is 39.2 Å². The van der Waals surface area contributed by atoms with Gasteiger partial charge in [0.05, 0.1) is 5.02 Å². The Morgan fingerprint density at radius 2 is 2.05 bits per heavy atom. The average molecular weight is 338 g/mol. The summed E-state index contributed by atoms with van der Waals surface area (Å²) in [5.74, 6) is 1.28. The van der Waals surface area contributed by atoms with E-state index in [-0.39, 0.29) is 15.7 Å². The Morgan fingerprint density at radius 3 is 2.70 bits per heavy atom. The van der Waals surface area contributed by atoms with Crippen molar-refractivity contribution in [2.24, 2.45) is 0 Å². The van der Waals surface area contributed by atoms with Crippen LogP contribution in [0, 0.1) is 0 Å². The Kier molecular flexibility index (Phi) is 7.65. The summed E-state index contributed by atoms with van der Waals surface area (Å²) in [5, 5.41) is 0.143. The number of sulfonamides is 1. The van der Waals surface area contributed by atoms with Crippen LogP contribution < -0.4 is 10.5 Å². The SMILES string of the molecule is CSCCCCCCNS(=O)(=O)c1cnc(N)c(Cl)c1. The van der Waals surface area contributed by atoms with Crippen LogP contribution in [-0.2, 0) is 10.0 Å². The molecule has 0 spiro atoms. The fourth-order valence-corrected chi connectivity index (χ4v) is 3.36. The molecular weight excluding hydrogens is 318 g/mol. The first kappa shape index (κ1) is 17.6. The molecule has 0 aromatic carbocycles. The third-order valence-electron chi connectivity index (χ3n) is 2.72. The van der Waals surface area contributed by atoms with Gasteiger partial charge in [0.15, 0.2) is 0 Å². The maximum Gasteiger partial charge on any atom is 0.242 e. The predicted molar refractivity (Wildman–Crippen MR) is 85.7 cm³/mol. The molecule has 0 unspecified atom stereocenters.